The molecule has 1 aliphatic carbocycles. The van der Waals surface area contributed by atoms with Crippen LogP contribution in [0.4, 0.5) is 35.1 Å². The minimum absolute atomic E-state index is 0.000629. The lowest BCUT2D eigenvalue weighted by atomic mass is 10.1. The maximum Gasteiger partial charge on any atom is 0.392 e. The summed E-state index contributed by atoms with van der Waals surface area (Å²) in [6, 6.07) is 7.48. The minimum atomic E-state index is -5.19. The molecule has 2 atom stereocenters. The van der Waals surface area contributed by atoms with Crippen LogP contribution in [0.2, 0.25) is 5.02 Å². The quantitative estimate of drug-likeness (QED) is 0.101. The second-order valence-electron chi connectivity index (χ2n) is 9.20. The van der Waals surface area contributed by atoms with Crippen LogP contribution in [0.3, 0.4) is 0 Å². The van der Waals surface area contributed by atoms with Crippen molar-refractivity contribution in [3.63, 3.8) is 0 Å². The summed E-state index contributed by atoms with van der Waals surface area (Å²) in [5, 5.41) is -0.0693. The Balaban J connectivity index is 1.58. The first-order valence-electron chi connectivity index (χ1n) is 11.6. The highest BCUT2D eigenvalue weighted by atomic mass is 35.5. The van der Waals surface area contributed by atoms with Crippen molar-refractivity contribution in [2.45, 2.75) is 23.4 Å². The Morgan fingerprint density at radius 1 is 0.905 bits per heavy atom. The topological polar surface area (TPSA) is 74.6 Å². The van der Waals surface area contributed by atoms with Crippen LogP contribution in [-0.4, -0.2) is 26.3 Å². The molecule has 1 unspecified atom stereocenters. The van der Waals surface area contributed by atoms with Crippen LogP contribution in [0.5, 0.6) is 11.5 Å². The second kappa shape index (κ2) is 10.2. The largest absolute Gasteiger partial charge is 0.495 e. The number of rotatable bonds is 6. The van der Waals surface area contributed by atoms with Gasteiger partial charge in [0, 0.05) is 16.5 Å². The Labute approximate surface area is 235 Å². The van der Waals surface area contributed by atoms with Crippen molar-refractivity contribution in [2.24, 2.45) is 5.92 Å². The third kappa shape index (κ3) is 4.93. The lowest BCUT2D eigenvalue weighted by molar-refractivity contribution is -0.148. The van der Waals surface area contributed by atoms with Gasteiger partial charge in [-0.25, -0.2) is 13.2 Å². The zero-order valence-electron chi connectivity index (χ0n) is 20.7. The molecule has 222 valence electrons. The van der Waals surface area contributed by atoms with Gasteiger partial charge in [-0.3, -0.25) is 9.36 Å². The van der Waals surface area contributed by atoms with Crippen LogP contribution >= 0.6 is 11.6 Å². The summed E-state index contributed by atoms with van der Waals surface area (Å²) in [7, 11) is -3.98. The van der Waals surface area contributed by atoms with Crippen molar-refractivity contribution in [2.75, 3.05) is 7.11 Å². The summed E-state index contributed by atoms with van der Waals surface area (Å²) in [4.78, 5) is 12.1. The monoisotopic (exact) mass is 639 g/mol. The van der Waals surface area contributed by atoms with E-state index in [0.29, 0.717) is 0 Å². The van der Waals surface area contributed by atoms with Crippen molar-refractivity contribution in [3.05, 3.63) is 92.5 Å². The number of pyridine rings is 1. The molecule has 0 saturated heterocycles. The molecule has 3 aromatic carbocycles. The molecular weight excluding hydrogens is 626 g/mol. The average Bonchev–Trinajstić information content (AvgIpc) is 3.74. The Hall–Kier alpha value is -3.85. The lowest BCUT2D eigenvalue weighted by Crippen LogP contribution is -2.19. The van der Waals surface area contributed by atoms with Crippen molar-refractivity contribution in [3.8, 4) is 17.2 Å². The number of hydrogen-bond acceptors (Lipinski definition) is 5. The number of halogens is 9. The molecule has 0 N–H and O–H groups in total. The number of alkyl halides is 3. The van der Waals surface area contributed by atoms with Gasteiger partial charge in [-0.05, 0) is 54.3 Å². The predicted octanol–water partition coefficient (Wildman–Crippen LogP) is 6.78. The van der Waals surface area contributed by atoms with Gasteiger partial charge in [-0.15, -0.1) is 0 Å². The van der Waals surface area contributed by atoms with E-state index in [4.69, 9.17) is 16.3 Å². The van der Waals surface area contributed by atoms with Gasteiger partial charge in [0.15, 0.2) is 0 Å². The summed E-state index contributed by atoms with van der Waals surface area (Å²) >= 11 is 6.31. The van der Waals surface area contributed by atoms with Gasteiger partial charge in [0.25, 0.3) is 5.56 Å². The number of hydrogen-bond donors (Lipinski definition) is 0. The molecule has 1 saturated carbocycles. The number of fused-ring (bicyclic) bond motifs is 1. The van der Waals surface area contributed by atoms with E-state index in [1.54, 1.807) is 0 Å². The van der Waals surface area contributed by atoms with Gasteiger partial charge in [0.1, 0.15) is 10.6 Å². The fraction of sp³-hybridized carbons (Fsp3) is 0.192. The molecule has 1 heterocycles. The Kier molecular flexibility index (Phi) is 7.16. The Bertz CT molecular complexity index is 1920. The molecule has 0 amide bonds. The molecule has 5 rings (SSSR count). The highest BCUT2D eigenvalue weighted by Crippen LogP contribution is 2.58. The van der Waals surface area contributed by atoms with E-state index in [-0.39, 0.29) is 39.3 Å². The van der Waals surface area contributed by atoms with Gasteiger partial charge >= 0.3 is 16.3 Å². The number of nitrogens with zero attached hydrogens (tertiary/aromatic N) is 1. The molecule has 1 fully saturated rings. The average molecular weight is 640 g/mol. The summed E-state index contributed by atoms with van der Waals surface area (Å²) in [5.41, 5.74) is -0.497. The van der Waals surface area contributed by atoms with Crippen LogP contribution in [0, 0.1) is 35.0 Å². The van der Waals surface area contributed by atoms with Gasteiger partial charge in [0.05, 0.1) is 24.2 Å². The molecule has 1 aliphatic rings. The van der Waals surface area contributed by atoms with E-state index >= 15 is 0 Å². The van der Waals surface area contributed by atoms with Gasteiger partial charge in [0.2, 0.25) is 34.8 Å². The van der Waals surface area contributed by atoms with Crippen molar-refractivity contribution >= 4 is 32.6 Å². The van der Waals surface area contributed by atoms with Crippen LogP contribution in [0.15, 0.2) is 52.2 Å². The first-order chi connectivity index (χ1) is 19.6. The summed E-state index contributed by atoms with van der Waals surface area (Å²) in [5.74, 6) is -16.9. The molecule has 1 aromatic heterocycles. The Morgan fingerprint density at radius 3 is 2.10 bits per heavy atom. The normalized spacial score (nSPS) is 17.0. The minimum Gasteiger partial charge on any atom is -0.495 e. The van der Waals surface area contributed by atoms with Gasteiger partial charge in [-0.1, -0.05) is 11.6 Å². The van der Waals surface area contributed by atoms with Crippen molar-refractivity contribution in [1.82, 2.24) is 4.57 Å². The third-order valence-corrected chi connectivity index (χ3v) is 8.21. The fourth-order valence-corrected chi connectivity index (χ4v) is 5.79. The van der Waals surface area contributed by atoms with Crippen LogP contribution in [0.1, 0.15) is 17.9 Å². The summed E-state index contributed by atoms with van der Waals surface area (Å²) < 4.78 is 144. The Morgan fingerprint density at radius 2 is 1.52 bits per heavy atom. The maximum atomic E-state index is 14.0. The third-order valence-electron chi connectivity index (χ3n) is 6.67. The zero-order valence-corrected chi connectivity index (χ0v) is 22.3. The highest BCUT2D eigenvalue weighted by molar-refractivity contribution is 7.87. The summed E-state index contributed by atoms with van der Waals surface area (Å²) in [6.45, 7) is 0. The van der Waals surface area contributed by atoms with E-state index < -0.39 is 73.4 Å². The van der Waals surface area contributed by atoms with Gasteiger partial charge < -0.3 is 8.92 Å². The molecule has 0 spiro atoms. The molecule has 0 bridgehead atoms. The smallest absolute Gasteiger partial charge is 0.392 e. The van der Waals surface area contributed by atoms with Crippen molar-refractivity contribution < 1.29 is 52.5 Å². The first kappa shape index (κ1) is 29.6. The number of aromatic nitrogens is 1. The molecule has 42 heavy (non-hydrogen) atoms. The molecule has 4 aromatic rings. The van der Waals surface area contributed by atoms with E-state index in [2.05, 4.69) is 4.18 Å². The summed E-state index contributed by atoms with van der Waals surface area (Å²) in [6.07, 6.45) is -4.60. The van der Waals surface area contributed by atoms with Crippen LogP contribution in [0.25, 0.3) is 16.6 Å². The highest BCUT2D eigenvalue weighted by Gasteiger charge is 2.56. The first-order valence-corrected chi connectivity index (χ1v) is 13.4. The van der Waals surface area contributed by atoms with E-state index in [9.17, 15) is 48.3 Å². The second-order valence-corrected chi connectivity index (χ2v) is 11.2. The number of benzene rings is 3. The molecule has 16 heteroatoms. The number of methoxy groups -OCH3 is 1. The maximum absolute atomic E-state index is 14.0. The van der Waals surface area contributed by atoms with Crippen LogP contribution in [-0.2, 0) is 10.1 Å². The van der Waals surface area contributed by atoms with E-state index in [0.717, 1.165) is 28.8 Å². The molecule has 0 radical (unpaired) electrons. The molecule has 6 nitrogen and oxygen atoms in total. The molecule has 0 aliphatic heterocycles. The van der Waals surface area contributed by atoms with Crippen LogP contribution < -0.4 is 14.5 Å². The fourth-order valence-electron chi connectivity index (χ4n) is 4.53. The predicted molar refractivity (Wildman–Crippen MR) is 132 cm³/mol. The van der Waals surface area contributed by atoms with Crippen molar-refractivity contribution in [1.29, 1.82) is 0 Å². The van der Waals surface area contributed by atoms with Gasteiger partial charge in [-0.2, -0.15) is 30.4 Å². The lowest BCUT2D eigenvalue weighted by Gasteiger charge is -2.17. The molecular formula is C26H14ClF8NO5S. The standard InChI is InChI=1S/C26H14ClF8NO5S/c1-40-18-8-13(12-7-14(12)26(33,34)35)15(27)9-17(18)36-16-4-3-11(6-10(16)2-5-19(36)37)42(38,39)41-25-23(31)21(29)20(28)22(30)24(25)32/h2-6,8-9,12,14H,7H2,1H3/t12?,14-/m1/s1. The SMILES string of the molecule is COc1cc(C2C[C@H]2C(F)(F)F)c(Cl)cc1-n1c(=O)ccc2cc(S(=O)(=O)Oc3c(F)c(F)c(F)c(F)c3F)ccc21. The number of ether oxygens (including phenoxy) is 1. The van der Waals surface area contributed by atoms with E-state index in [1.165, 1.54) is 25.3 Å². The van der Waals surface area contributed by atoms with E-state index in [1.807, 2.05) is 0 Å². The zero-order chi connectivity index (χ0) is 30.9.